The molecule has 1 fully saturated rings. The van der Waals surface area contributed by atoms with Gasteiger partial charge in [-0.15, -0.1) is 0 Å². The first-order chi connectivity index (χ1) is 14.5. The topological polar surface area (TPSA) is 71.3 Å². The van der Waals surface area contributed by atoms with Crippen molar-refractivity contribution in [3.8, 4) is 0 Å². The molecule has 158 valence electrons. The Morgan fingerprint density at radius 1 is 1.37 bits per heavy atom. The molecular weight excluding hydrogens is 420 g/mol. The molecule has 1 aromatic carbocycles. The number of benzene rings is 1. The number of oxazole rings is 1. The summed E-state index contributed by atoms with van der Waals surface area (Å²) in [6.45, 7) is 6.07. The molecule has 0 bridgehead atoms. The number of halogens is 1. The van der Waals surface area contributed by atoms with E-state index in [2.05, 4.69) is 15.3 Å². The normalized spacial score (nSPS) is 16.6. The van der Waals surface area contributed by atoms with Crippen LogP contribution < -0.4 is 5.32 Å². The standard InChI is InChI=1S/C22H25ClN4O2S/c1-3-24-22-26-14(2)19(30-22)21(28)27-10-4-5-16(13-27)20-25-12-18(29-20)11-15-6-8-17(23)9-7-15/h6-9,12,16H,3-5,10-11,13H2,1-2H3,(H,24,26)/t16-/m0/s1. The molecule has 1 saturated heterocycles. The molecule has 8 heteroatoms. The van der Waals surface area contributed by atoms with Crippen LogP contribution in [0.5, 0.6) is 0 Å². The van der Waals surface area contributed by atoms with Crippen LogP contribution in [0.15, 0.2) is 34.9 Å². The summed E-state index contributed by atoms with van der Waals surface area (Å²) in [5, 5.41) is 4.71. The molecule has 0 spiro atoms. The summed E-state index contributed by atoms with van der Waals surface area (Å²) in [7, 11) is 0. The van der Waals surface area contributed by atoms with Crippen LogP contribution in [0, 0.1) is 6.92 Å². The van der Waals surface area contributed by atoms with Gasteiger partial charge < -0.3 is 14.6 Å². The van der Waals surface area contributed by atoms with Crippen LogP contribution in [0.2, 0.25) is 5.02 Å². The third-order valence-electron chi connectivity index (χ3n) is 5.24. The third kappa shape index (κ3) is 4.68. The smallest absolute Gasteiger partial charge is 0.265 e. The highest BCUT2D eigenvalue weighted by atomic mass is 35.5. The fraction of sp³-hybridized carbons (Fsp3) is 0.409. The minimum atomic E-state index is 0.0480. The van der Waals surface area contributed by atoms with Crippen molar-refractivity contribution < 1.29 is 9.21 Å². The zero-order valence-electron chi connectivity index (χ0n) is 17.2. The molecule has 2 aromatic heterocycles. The van der Waals surface area contributed by atoms with Crippen molar-refractivity contribution >= 4 is 34.0 Å². The highest BCUT2D eigenvalue weighted by molar-refractivity contribution is 7.17. The van der Waals surface area contributed by atoms with Gasteiger partial charge in [-0.2, -0.15) is 0 Å². The Kier molecular flexibility index (Phi) is 6.39. The van der Waals surface area contributed by atoms with Gasteiger partial charge in [-0.3, -0.25) is 4.79 Å². The van der Waals surface area contributed by atoms with Crippen molar-refractivity contribution in [3.63, 3.8) is 0 Å². The van der Waals surface area contributed by atoms with Gasteiger partial charge in [-0.1, -0.05) is 35.1 Å². The van der Waals surface area contributed by atoms with E-state index < -0.39 is 0 Å². The lowest BCUT2D eigenvalue weighted by Crippen LogP contribution is -2.39. The van der Waals surface area contributed by atoms with E-state index in [-0.39, 0.29) is 11.8 Å². The Morgan fingerprint density at radius 2 is 2.17 bits per heavy atom. The van der Waals surface area contributed by atoms with Crippen LogP contribution in [-0.2, 0) is 6.42 Å². The lowest BCUT2D eigenvalue weighted by atomic mass is 9.98. The van der Waals surface area contributed by atoms with Crippen LogP contribution >= 0.6 is 22.9 Å². The molecule has 0 saturated carbocycles. The summed E-state index contributed by atoms with van der Waals surface area (Å²) in [6.07, 6.45) is 4.37. The first kappa shape index (κ1) is 20.9. The maximum atomic E-state index is 13.1. The van der Waals surface area contributed by atoms with Crippen molar-refractivity contribution in [3.05, 3.63) is 63.3 Å². The largest absolute Gasteiger partial charge is 0.445 e. The molecule has 30 heavy (non-hydrogen) atoms. The first-order valence-corrected chi connectivity index (χ1v) is 11.4. The van der Waals surface area contributed by atoms with E-state index >= 15 is 0 Å². The maximum Gasteiger partial charge on any atom is 0.265 e. The molecule has 6 nitrogen and oxygen atoms in total. The highest BCUT2D eigenvalue weighted by Gasteiger charge is 2.30. The van der Waals surface area contributed by atoms with Crippen LogP contribution in [0.25, 0.3) is 0 Å². The number of anilines is 1. The van der Waals surface area contributed by atoms with E-state index in [0.717, 1.165) is 53.1 Å². The Labute approximate surface area is 185 Å². The van der Waals surface area contributed by atoms with Gasteiger partial charge in [0, 0.05) is 31.1 Å². The van der Waals surface area contributed by atoms with Gasteiger partial charge in [0.25, 0.3) is 5.91 Å². The van der Waals surface area contributed by atoms with Gasteiger partial charge in [-0.25, -0.2) is 9.97 Å². The minimum Gasteiger partial charge on any atom is -0.445 e. The maximum absolute atomic E-state index is 13.1. The SMILES string of the molecule is CCNc1nc(C)c(C(=O)N2CCC[C@H](c3ncc(Cc4ccc(Cl)cc4)o3)C2)s1. The average Bonchev–Trinajstić information content (AvgIpc) is 3.36. The molecule has 4 rings (SSSR count). The molecule has 1 aliphatic heterocycles. The number of nitrogens with zero attached hydrogens (tertiary/aromatic N) is 3. The quantitative estimate of drug-likeness (QED) is 0.570. The summed E-state index contributed by atoms with van der Waals surface area (Å²) < 4.78 is 6.05. The lowest BCUT2D eigenvalue weighted by Gasteiger charge is -2.31. The van der Waals surface area contributed by atoms with Gasteiger partial charge in [-0.05, 0) is 44.4 Å². The number of hydrogen-bond acceptors (Lipinski definition) is 6. The number of amides is 1. The van der Waals surface area contributed by atoms with E-state index in [1.54, 1.807) is 6.20 Å². The molecule has 3 heterocycles. The second-order valence-electron chi connectivity index (χ2n) is 7.52. The average molecular weight is 445 g/mol. The van der Waals surface area contributed by atoms with Crippen LogP contribution in [0.4, 0.5) is 5.13 Å². The number of hydrogen-bond donors (Lipinski definition) is 1. The van der Waals surface area contributed by atoms with Crippen molar-refractivity contribution in [1.82, 2.24) is 14.9 Å². The fourth-order valence-corrected chi connectivity index (χ4v) is 4.85. The first-order valence-electron chi connectivity index (χ1n) is 10.2. The lowest BCUT2D eigenvalue weighted by molar-refractivity contribution is 0.0702. The number of nitrogens with one attached hydrogen (secondary N) is 1. The molecule has 3 aromatic rings. The minimum absolute atomic E-state index is 0.0480. The fourth-order valence-electron chi connectivity index (χ4n) is 3.73. The Morgan fingerprint density at radius 3 is 2.93 bits per heavy atom. The number of likely N-dealkylation sites (tertiary alicyclic amines) is 1. The second kappa shape index (κ2) is 9.18. The van der Waals surface area contributed by atoms with Gasteiger partial charge in [0.1, 0.15) is 10.6 Å². The number of aryl methyl sites for hydroxylation is 1. The molecule has 1 aliphatic rings. The second-order valence-corrected chi connectivity index (χ2v) is 8.96. The molecule has 0 aliphatic carbocycles. The van der Waals surface area contributed by atoms with E-state index in [1.807, 2.05) is 43.0 Å². The molecule has 0 radical (unpaired) electrons. The molecular formula is C22H25ClN4O2S. The van der Waals surface area contributed by atoms with Gasteiger partial charge >= 0.3 is 0 Å². The zero-order valence-corrected chi connectivity index (χ0v) is 18.7. The molecule has 1 N–H and O–H groups in total. The summed E-state index contributed by atoms with van der Waals surface area (Å²) >= 11 is 7.38. The summed E-state index contributed by atoms with van der Waals surface area (Å²) in [5.74, 6) is 1.70. The van der Waals surface area contributed by atoms with Crippen molar-refractivity contribution in [1.29, 1.82) is 0 Å². The number of aromatic nitrogens is 2. The molecule has 1 atom stereocenters. The molecule has 0 unspecified atom stereocenters. The van der Waals surface area contributed by atoms with Crippen molar-refractivity contribution in [2.75, 3.05) is 25.0 Å². The van der Waals surface area contributed by atoms with Gasteiger partial charge in [0.05, 0.1) is 17.8 Å². The van der Waals surface area contributed by atoms with Gasteiger partial charge in [0.2, 0.25) is 0 Å². The Balaban J connectivity index is 1.43. The third-order valence-corrected chi connectivity index (χ3v) is 6.59. The Hall–Kier alpha value is -2.38. The number of piperidine rings is 1. The predicted octanol–water partition coefficient (Wildman–Crippen LogP) is 5.14. The van der Waals surface area contributed by atoms with E-state index in [0.29, 0.717) is 23.7 Å². The number of rotatable bonds is 6. The van der Waals surface area contributed by atoms with Crippen LogP contribution in [-0.4, -0.2) is 40.4 Å². The van der Waals surface area contributed by atoms with E-state index in [1.165, 1.54) is 11.3 Å². The summed E-state index contributed by atoms with van der Waals surface area (Å²) in [4.78, 5) is 24.7. The van der Waals surface area contributed by atoms with Crippen molar-refractivity contribution in [2.24, 2.45) is 0 Å². The zero-order chi connectivity index (χ0) is 21.1. The monoisotopic (exact) mass is 444 g/mol. The van der Waals surface area contributed by atoms with Crippen molar-refractivity contribution in [2.45, 2.75) is 39.0 Å². The summed E-state index contributed by atoms with van der Waals surface area (Å²) in [6, 6.07) is 7.73. The number of carbonyl (C=O) groups excluding carboxylic acids is 1. The number of carbonyl (C=O) groups is 1. The van der Waals surface area contributed by atoms with Crippen LogP contribution in [0.1, 0.15) is 58.3 Å². The molecule has 1 amide bonds. The van der Waals surface area contributed by atoms with Crippen LogP contribution in [0.3, 0.4) is 0 Å². The Bertz CT molecular complexity index is 1010. The highest BCUT2D eigenvalue weighted by Crippen LogP contribution is 2.30. The van der Waals surface area contributed by atoms with E-state index in [4.69, 9.17) is 16.0 Å². The van der Waals surface area contributed by atoms with E-state index in [9.17, 15) is 4.79 Å². The summed E-state index contributed by atoms with van der Waals surface area (Å²) in [5.41, 5.74) is 1.91. The number of thiazole rings is 1. The predicted molar refractivity (Wildman–Crippen MR) is 120 cm³/mol. The van der Waals surface area contributed by atoms with Gasteiger partial charge in [0.15, 0.2) is 11.0 Å².